The molecule has 0 saturated heterocycles. The van der Waals surface area contributed by atoms with E-state index in [4.69, 9.17) is 21.1 Å². The van der Waals surface area contributed by atoms with Crippen molar-refractivity contribution in [2.45, 2.75) is 50.2 Å². The maximum absolute atomic E-state index is 10.1. The molecule has 2 aliphatic carbocycles. The Hall–Kier alpha value is -0.930. The lowest BCUT2D eigenvalue weighted by molar-refractivity contribution is 0.110. The van der Waals surface area contributed by atoms with E-state index in [1.165, 1.54) is 6.42 Å². The van der Waals surface area contributed by atoms with Crippen LogP contribution in [-0.4, -0.2) is 23.9 Å². The molecule has 0 bridgehead atoms. The van der Waals surface area contributed by atoms with Gasteiger partial charge in [-0.3, -0.25) is 0 Å². The summed E-state index contributed by atoms with van der Waals surface area (Å²) in [6.07, 6.45) is 5.98. The quantitative estimate of drug-likeness (QED) is 0.900. The average Bonchev–Trinajstić information content (AvgIpc) is 3.02. The number of hydrogen-bond acceptors (Lipinski definition) is 3. The van der Waals surface area contributed by atoms with Gasteiger partial charge < -0.3 is 14.6 Å². The highest BCUT2D eigenvalue weighted by atomic mass is 35.5. The molecule has 2 saturated carbocycles. The normalized spacial score (nSPS) is 20.8. The molecular formula is C15H19ClO3. The molecule has 4 heteroatoms. The van der Waals surface area contributed by atoms with Gasteiger partial charge in [0.15, 0.2) is 11.5 Å². The maximum Gasteiger partial charge on any atom is 0.164 e. The summed E-state index contributed by atoms with van der Waals surface area (Å²) < 4.78 is 11.4. The van der Waals surface area contributed by atoms with Crippen LogP contribution in [0, 0.1) is 0 Å². The van der Waals surface area contributed by atoms with E-state index in [-0.39, 0.29) is 6.10 Å². The molecule has 0 aromatic heterocycles. The zero-order chi connectivity index (χ0) is 13.5. The zero-order valence-electron chi connectivity index (χ0n) is 11.1. The number of halogens is 1. The van der Waals surface area contributed by atoms with Gasteiger partial charge >= 0.3 is 0 Å². The Kier molecular flexibility index (Phi) is 3.35. The molecule has 0 aliphatic heterocycles. The average molecular weight is 283 g/mol. The minimum atomic E-state index is -0.562. The van der Waals surface area contributed by atoms with Crippen molar-refractivity contribution in [1.29, 1.82) is 0 Å². The van der Waals surface area contributed by atoms with Gasteiger partial charge in [0.05, 0.1) is 18.8 Å². The highest BCUT2D eigenvalue weighted by molar-refractivity contribution is 6.30. The first-order valence-corrected chi connectivity index (χ1v) is 7.23. The molecule has 104 valence electrons. The lowest BCUT2D eigenvalue weighted by Gasteiger charge is -2.29. The van der Waals surface area contributed by atoms with Crippen LogP contribution in [0.4, 0.5) is 0 Å². The van der Waals surface area contributed by atoms with Crippen LogP contribution >= 0.6 is 11.6 Å². The maximum atomic E-state index is 10.1. The number of hydrogen-bond donors (Lipinski definition) is 1. The van der Waals surface area contributed by atoms with E-state index in [0.717, 1.165) is 37.0 Å². The van der Waals surface area contributed by atoms with E-state index in [2.05, 4.69) is 0 Å². The van der Waals surface area contributed by atoms with Crippen molar-refractivity contribution < 1.29 is 14.6 Å². The third-order valence-corrected chi connectivity index (χ3v) is 4.22. The summed E-state index contributed by atoms with van der Waals surface area (Å²) >= 11 is 6.12. The first-order valence-electron chi connectivity index (χ1n) is 6.85. The van der Waals surface area contributed by atoms with Crippen LogP contribution in [0.2, 0.25) is 5.02 Å². The van der Waals surface area contributed by atoms with Crippen molar-refractivity contribution in [1.82, 2.24) is 0 Å². The second kappa shape index (κ2) is 4.88. The number of rotatable bonds is 5. The Morgan fingerprint density at radius 1 is 1.37 bits per heavy atom. The van der Waals surface area contributed by atoms with Crippen LogP contribution in [-0.2, 0) is 6.42 Å². The highest BCUT2D eigenvalue weighted by Gasteiger charge is 2.41. The van der Waals surface area contributed by atoms with Gasteiger partial charge in [-0.05, 0) is 38.2 Å². The van der Waals surface area contributed by atoms with Crippen LogP contribution in [0.5, 0.6) is 11.5 Å². The molecule has 2 fully saturated rings. The summed E-state index contributed by atoms with van der Waals surface area (Å²) in [6.45, 7) is 0. The molecule has 0 atom stereocenters. The number of aliphatic hydroxyl groups is 1. The van der Waals surface area contributed by atoms with Crippen molar-refractivity contribution in [2.75, 3.05) is 7.11 Å². The molecule has 3 nitrogen and oxygen atoms in total. The largest absolute Gasteiger partial charge is 0.493 e. The molecule has 0 amide bonds. The van der Waals surface area contributed by atoms with E-state index in [1.54, 1.807) is 13.2 Å². The van der Waals surface area contributed by atoms with Gasteiger partial charge in [0.2, 0.25) is 0 Å². The third kappa shape index (κ3) is 2.82. The van der Waals surface area contributed by atoms with E-state index in [0.29, 0.717) is 17.2 Å². The molecular weight excluding hydrogens is 264 g/mol. The Morgan fingerprint density at radius 2 is 2.11 bits per heavy atom. The summed E-state index contributed by atoms with van der Waals surface area (Å²) in [6, 6.07) is 3.66. The summed E-state index contributed by atoms with van der Waals surface area (Å²) in [7, 11) is 1.62. The summed E-state index contributed by atoms with van der Waals surface area (Å²) in [5.74, 6) is 1.43. The molecule has 1 aromatic rings. The molecule has 1 N–H and O–H groups in total. The van der Waals surface area contributed by atoms with E-state index in [9.17, 15) is 5.11 Å². The van der Waals surface area contributed by atoms with Gasteiger partial charge in [0.1, 0.15) is 0 Å². The van der Waals surface area contributed by atoms with Gasteiger partial charge in [-0.1, -0.05) is 11.6 Å². The molecule has 0 unspecified atom stereocenters. The van der Waals surface area contributed by atoms with Crippen molar-refractivity contribution in [3.63, 3.8) is 0 Å². The topological polar surface area (TPSA) is 38.7 Å². The van der Waals surface area contributed by atoms with Crippen molar-refractivity contribution in [3.05, 3.63) is 22.7 Å². The van der Waals surface area contributed by atoms with Crippen LogP contribution in [0.15, 0.2) is 12.1 Å². The third-order valence-electron chi connectivity index (χ3n) is 4.00. The highest BCUT2D eigenvalue weighted by Crippen LogP contribution is 2.44. The van der Waals surface area contributed by atoms with E-state index in [1.807, 2.05) is 6.07 Å². The second-order valence-corrected chi connectivity index (χ2v) is 6.10. The molecule has 0 heterocycles. The number of methoxy groups -OCH3 is 1. The molecule has 3 rings (SSSR count). The first kappa shape index (κ1) is 13.1. The lowest BCUT2D eigenvalue weighted by atomic mass is 9.96. The zero-order valence-corrected chi connectivity index (χ0v) is 11.9. The minimum Gasteiger partial charge on any atom is -0.493 e. The van der Waals surface area contributed by atoms with Gasteiger partial charge in [-0.2, -0.15) is 0 Å². The van der Waals surface area contributed by atoms with Crippen LogP contribution in [0.1, 0.15) is 37.7 Å². The lowest BCUT2D eigenvalue weighted by Crippen LogP contribution is -2.25. The summed E-state index contributed by atoms with van der Waals surface area (Å²) in [4.78, 5) is 0. The Labute approximate surface area is 118 Å². The SMILES string of the molecule is COc1cc(Cl)cc(CC2(O)CC2)c1OC1CCC1. The van der Waals surface area contributed by atoms with Gasteiger partial charge in [-0.25, -0.2) is 0 Å². The molecule has 19 heavy (non-hydrogen) atoms. The molecule has 2 aliphatic rings. The van der Waals surface area contributed by atoms with Crippen LogP contribution in [0.3, 0.4) is 0 Å². The van der Waals surface area contributed by atoms with Gasteiger partial charge in [-0.15, -0.1) is 0 Å². The van der Waals surface area contributed by atoms with Crippen molar-refractivity contribution in [2.24, 2.45) is 0 Å². The van der Waals surface area contributed by atoms with Gasteiger partial charge in [0.25, 0.3) is 0 Å². The van der Waals surface area contributed by atoms with Crippen molar-refractivity contribution in [3.8, 4) is 11.5 Å². The predicted molar refractivity (Wildman–Crippen MR) is 74.2 cm³/mol. The first-order chi connectivity index (χ1) is 9.09. The van der Waals surface area contributed by atoms with Gasteiger partial charge in [0, 0.05) is 23.1 Å². The molecule has 0 radical (unpaired) electrons. The Balaban J connectivity index is 1.90. The Morgan fingerprint density at radius 3 is 2.63 bits per heavy atom. The number of ether oxygens (including phenoxy) is 2. The summed E-state index contributed by atoms with van der Waals surface area (Å²) in [5, 5.41) is 10.7. The van der Waals surface area contributed by atoms with E-state index >= 15 is 0 Å². The predicted octanol–water partition coefficient (Wildman–Crippen LogP) is 3.35. The standard InChI is InChI=1S/C15H19ClO3/c1-18-13-8-11(16)7-10(9-15(17)5-6-15)14(13)19-12-3-2-4-12/h7-8,12,17H,2-6,9H2,1H3. The smallest absolute Gasteiger partial charge is 0.164 e. The summed E-state index contributed by atoms with van der Waals surface area (Å²) in [5.41, 5.74) is 0.393. The van der Waals surface area contributed by atoms with Crippen LogP contribution < -0.4 is 9.47 Å². The fourth-order valence-electron chi connectivity index (χ4n) is 2.37. The monoisotopic (exact) mass is 282 g/mol. The van der Waals surface area contributed by atoms with Crippen molar-refractivity contribution >= 4 is 11.6 Å². The number of benzene rings is 1. The fraction of sp³-hybridized carbons (Fsp3) is 0.600. The fourth-order valence-corrected chi connectivity index (χ4v) is 2.60. The van der Waals surface area contributed by atoms with E-state index < -0.39 is 5.60 Å². The second-order valence-electron chi connectivity index (χ2n) is 5.67. The minimum absolute atomic E-state index is 0.280. The van der Waals surface area contributed by atoms with Crippen LogP contribution in [0.25, 0.3) is 0 Å². The Bertz CT molecular complexity index is 479. The molecule has 1 aromatic carbocycles. The molecule has 0 spiro atoms.